The molecular weight excluding hydrogens is 330 g/mol. The predicted octanol–water partition coefficient (Wildman–Crippen LogP) is 4.56. The average molecular weight is 348 g/mol. The first kappa shape index (κ1) is 15.6. The van der Waals surface area contributed by atoms with Crippen molar-refractivity contribution in [3.05, 3.63) is 63.6 Å². The van der Waals surface area contributed by atoms with Gasteiger partial charge in [0.25, 0.3) is 0 Å². The zero-order valence-corrected chi connectivity index (χ0v) is 13.6. The zero-order chi connectivity index (χ0) is 15.4. The normalized spacial score (nSPS) is 12.0. The minimum atomic E-state index is -0.801. The number of aryl methyl sites for hydroxylation is 1. The van der Waals surface area contributed by atoms with Crippen molar-refractivity contribution in [1.82, 2.24) is 0 Å². The van der Waals surface area contributed by atoms with Crippen molar-refractivity contribution in [2.24, 2.45) is 0 Å². The van der Waals surface area contributed by atoms with Crippen LogP contribution in [0, 0.1) is 6.92 Å². The summed E-state index contributed by atoms with van der Waals surface area (Å²) in [5, 5.41) is 12.4. The third-order valence-electron chi connectivity index (χ3n) is 3.46. The summed E-state index contributed by atoms with van der Waals surface area (Å²) in [5.74, 6) is -1.28. The van der Waals surface area contributed by atoms with Gasteiger partial charge >= 0.3 is 5.97 Å². The summed E-state index contributed by atoms with van der Waals surface area (Å²) in [6.07, 6.45) is 0. The maximum absolute atomic E-state index is 10.9. The molecule has 0 radical (unpaired) electrons. The fourth-order valence-electron chi connectivity index (χ4n) is 2.03. The van der Waals surface area contributed by atoms with E-state index in [-0.39, 0.29) is 0 Å². The molecule has 0 heterocycles. The van der Waals surface area contributed by atoms with Crippen LogP contribution in [-0.4, -0.2) is 11.1 Å². The summed E-state index contributed by atoms with van der Waals surface area (Å²) in [4.78, 5) is 10.9. The van der Waals surface area contributed by atoms with Crippen LogP contribution < -0.4 is 5.32 Å². The summed E-state index contributed by atoms with van der Waals surface area (Å²) in [7, 11) is 0. The zero-order valence-electron chi connectivity index (χ0n) is 12.1. The molecule has 0 bridgehead atoms. The van der Waals surface area contributed by atoms with E-state index in [0.717, 1.165) is 21.3 Å². The lowest BCUT2D eigenvalue weighted by Crippen LogP contribution is -2.07. The van der Waals surface area contributed by atoms with Gasteiger partial charge in [-0.15, -0.1) is 0 Å². The van der Waals surface area contributed by atoms with Crippen LogP contribution >= 0.6 is 15.9 Å². The second kappa shape index (κ2) is 6.76. The van der Waals surface area contributed by atoms with E-state index in [0.29, 0.717) is 6.54 Å². The monoisotopic (exact) mass is 347 g/mol. The molecule has 0 aliphatic heterocycles. The third-order valence-corrected chi connectivity index (χ3v) is 4.11. The average Bonchev–Trinajstić information content (AvgIpc) is 2.46. The van der Waals surface area contributed by atoms with Crippen molar-refractivity contribution >= 4 is 27.6 Å². The minimum Gasteiger partial charge on any atom is -0.481 e. The van der Waals surface area contributed by atoms with Gasteiger partial charge in [-0.3, -0.25) is 4.79 Å². The van der Waals surface area contributed by atoms with E-state index in [1.165, 1.54) is 5.56 Å². The van der Waals surface area contributed by atoms with Gasteiger partial charge in [0, 0.05) is 16.7 Å². The predicted molar refractivity (Wildman–Crippen MR) is 88.7 cm³/mol. The first-order valence-corrected chi connectivity index (χ1v) is 7.58. The molecule has 2 rings (SSSR count). The van der Waals surface area contributed by atoms with Gasteiger partial charge in [-0.2, -0.15) is 0 Å². The van der Waals surface area contributed by atoms with Gasteiger partial charge in [-0.25, -0.2) is 0 Å². The number of rotatable bonds is 5. The summed E-state index contributed by atoms with van der Waals surface area (Å²) in [6, 6.07) is 13.8. The Morgan fingerprint density at radius 3 is 2.48 bits per heavy atom. The highest BCUT2D eigenvalue weighted by Gasteiger charge is 2.12. The molecule has 2 aromatic rings. The lowest BCUT2D eigenvalue weighted by atomic mass is 10.00. The molecule has 0 saturated heterocycles. The Morgan fingerprint density at radius 1 is 1.24 bits per heavy atom. The van der Waals surface area contributed by atoms with Gasteiger partial charge in [-0.1, -0.05) is 30.3 Å². The van der Waals surface area contributed by atoms with E-state index in [2.05, 4.69) is 40.3 Å². The maximum Gasteiger partial charge on any atom is 0.310 e. The Kier molecular flexibility index (Phi) is 5.02. The van der Waals surface area contributed by atoms with Crippen molar-refractivity contribution in [2.45, 2.75) is 26.3 Å². The molecule has 0 aliphatic rings. The third kappa shape index (κ3) is 4.08. The van der Waals surface area contributed by atoms with Crippen molar-refractivity contribution in [1.29, 1.82) is 0 Å². The lowest BCUT2D eigenvalue weighted by Gasteiger charge is -2.11. The molecule has 0 saturated carbocycles. The first-order valence-electron chi connectivity index (χ1n) is 6.79. The van der Waals surface area contributed by atoms with Crippen LogP contribution in [0.1, 0.15) is 29.5 Å². The van der Waals surface area contributed by atoms with Crippen molar-refractivity contribution in [2.75, 3.05) is 5.32 Å². The Labute approximate surface area is 133 Å². The Hall–Kier alpha value is -1.81. The van der Waals surface area contributed by atoms with Gasteiger partial charge in [0.1, 0.15) is 0 Å². The number of carboxylic acid groups (broad SMARTS) is 1. The fourth-order valence-corrected chi connectivity index (χ4v) is 2.66. The highest BCUT2D eigenvalue weighted by molar-refractivity contribution is 9.10. The highest BCUT2D eigenvalue weighted by Crippen LogP contribution is 2.24. The largest absolute Gasteiger partial charge is 0.481 e. The van der Waals surface area contributed by atoms with Crippen LogP contribution in [0.3, 0.4) is 0 Å². The summed E-state index contributed by atoms with van der Waals surface area (Å²) in [5.41, 5.74) is 4.19. The van der Waals surface area contributed by atoms with E-state index in [1.807, 2.05) is 30.3 Å². The number of nitrogens with one attached hydrogen (secondary N) is 1. The standard InChI is InChI=1S/C17H18BrNO2/c1-11-3-8-16(15(18)9-11)19-10-13-4-6-14(7-5-13)12(2)17(20)21/h3-9,12,19H,10H2,1-2H3,(H,20,21). The molecule has 0 fully saturated rings. The smallest absolute Gasteiger partial charge is 0.310 e. The molecule has 4 heteroatoms. The van der Waals surface area contributed by atoms with Gasteiger partial charge in [0.05, 0.1) is 5.92 Å². The van der Waals surface area contributed by atoms with Crippen LogP contribution in [0.4, 0.5) is 5.69 Å². The summed E-state index contributed by atoms with van der Waals surface area (Å²) >= 11 is 3.54. The van der Waals surface area contributed by atoms with Crippen LogP contribution in [0.15, 0.2) is 46.9 Å². The second-order valence-electron chi connectivity index (χ2n) is 5.14. The molecule has 0 aliphatic carbocycles. The molecule has 0 aromatic heterocycles. The van der Waals surface area contributed by atoms with Crippen molar-refractivity contribution in [3.8, 4) is 0 Å². The molecule has 2 N–H and O–H groups in total. The molecular formula is C17H18BrNO2. The lowest BCUT2D eigenvalue weighted by molar-refractivity contribution is -0.138. The molecule has 0 amide bonds. The molecule has 3 nitrogen and oxygen atoms in total. The molecule has 21 heavy (non-hydrogen) atoms. The first-order chi connectivity index (χ1) is 9.97. The summed E-state index contributed by atoms with van der Waals surface area (Å²) in [6.45, 7) is 4.44. The highest BCUT2D eigenvalue weighted by atomic mass is 79.9. The number of halogens is 1. The Morgan fingerprint density at radius 2 is 1.90 bits per heavy atom. The van der Waals surface area contributed by atoms with E-state index in [9.17, 15) is 4.79 Å². The summed E-state index contributed by atoms with van der Waals surface area (Å²) < 4.78 is 1.04. The molecule has 1 unspecified atom stereocenters. The van der Waals surface area contributed by atoms with Crippen molar-refractivity contribution < 1.29 is 9.90 Å². The number of aliphatic carboxylic acids is 1. The van der Waals surface area contributed by atoms with Gasteiger partial charge in [0.2, 0.25) is 0 Å². The van der Waals surface area contributed by atoms with E-state index in [4.69, 9.17) is 5.11 Å². The second-order valence-corrected chi connectivity index (χ2v) is 5.99. The molecule has 0 spiro atoms. The number of benzene rings is 2. The topological polar surface area (TPSA) is 49.3 Å². The van der Waals surface area contributed by atoms with Crippen molar-refractivity contribution in [3.63, 3.8) is 0 Å². The molecule has 110 valence electrons. The van der Waals surface area contributed by atoms with Gasteiger partial charge < -0.3 is 10.4 Å². The van der Waals surface area contributed by atoms with E-state index in [1.54, 1.807) is 6.92 Å². The molecule has 1 atom stereocenters. The van der Waals surface area contributed by atoms with E-state index < -0.39 is 11.9 Å². The van der Waals surface area contributed by atoms with Gasteiger partial charge in [0.15, 0.2) is 0 Å². The number of hydrogen-bond acceptors (Lipinski definition) is 2. The Balaban J connectivity index is 2.02. The Bertz CT molecular complexity index is 638. The number of hydrogen-bond donors (Lipinski definition) is 2. The quantitative estimate of drug-likeness (QED) is 0.833. The van der Waals surface area contributed by atoms with Crippen LogP contribution in [-0.2, 0) is 11.3 Å². The maximum atomic E-state index is 10.9. The fraction of sp³-hybridized carbons (Fsp3) is 0.235. The molecule has 2 aromatic carbocycles. The van der Waals surface area contributed by atoms with E-state index >= 15 is 0 Å². The van der Waals surface area contributed by atoms with Crippen LogP contribution in [0.5, 0.6) is 0 Å². The van der Waals surface area contributed by atoms with Crippen LogP contribution in [0.2, 0.25) is 0 Å². The number of anilines is 1. The SMILES string of the molecule is Cc1ccc(NCc2ccc(C(C)C(=O)O)cc2)c(Br)c1. The van der Waals surface area contributed by atoms with Gasteiger partial charge in [-0.05, 0) is 58.6 Å². The van der Waals surface area contributed by atoms with Crippen LogP contribution in [0.25, 0.3) is 0 Å². The number of carboxylic acids is 1. The number of carbonyl (C=O) groups is 1. The minimum absolute atomic E-state index is 0.474.